The average molecular weight is 359 g/mol. The lowest BCUT2D eigenvalue weighted by Crippen LogP contribution is -2.31. The van der Waals surface area contributed by atoms with E-state index in [2.05, 4.69) is 10.2 Å². The highest BCUT2D eigenvalue weighted by atomic mass is 32.2. The topological polar surface area (TPSA) is 92.7 Å². The summed E-state index contributed by atoms with van der Waals surface area (Å²) in [6, 6.07) is 7.68. The Kier molecular flexibility index (Phi) is 4.08. The van der Waals surface area contributed by atoms with Gasteiger partial charge in [-0.2, -0.15) is 0 Å². The van der Waals surface area contributed by atoms with Gasteiger partial charge < -0.3 is 10.0 Å². The first-order valence-corrected chi connectivity index (χ1v) is 9.08. The number of imidazole rings is 1. The molecule has 3 heterocycles. The van der Waals surface area contributed by atoms with Crippen LogP contribution in [0.3, 0.4) is 0 Å². The summed E-state index contributed by atoms with van der Waals surface area (Å²) in [5.74, 6) is -0.368. The van der Waals surface area contributed by atoms with Crippen LogP contribution < -0.4 is 0 Å². The number of rotatable bonds is 5. The van der Waals surface area contributed by atoms with Crippen LogP contribution in [0.2, 0.25) is 0 Å². The molecule has 0 unspecified atom stereocenters. The first-order chi connectivity index (χ1) is 12.1. The molecule has 1 amide bonds. The van der Waals surface area contributed by atoms with Crippen LogP contribution in [0.1, 0.15) is 12.8 Å². The highest BCUT2D eigenvalue weighted by molar-refractivity contribution is 7.99. The Morgan fingerprint density at radius 3 is 2.56 bits per heavy atom. The first-order valence-electron chi connectivity index (χ1n) is 8.10. The van der Waals surface area contributed by atoms with E-state index in [1.54, 1.807) is 0 Å². The van der Waals surface area contributed by atoms with Crippen LogP contribution in [0.15, 0.2) is 29.4 Å². The first kappa shape index (κ1) is 15.9. The molecule has 25 heavy (non-hydrogen) atoms. The smallest absolute Gasteiger partial charge is 0.313 e. The molecule has 9 heteroatoms. The maximum atomic E-state index is 12.6. The number of amides is 1. The molecule has 1 N–H and O–H groups in total. The molecule has 0 bridgehead atoms. The van der Waals surface area contributed by atoms with Gasteiger partial charge in [0.15, 0.2) is 5.16 Å². The number of likely N-dealkylation sites (tertiary alicyclic amines) is 1. The number of thioether (sulfide) groups is 1. The summed E-state index contributed by atoms with van der Waals surface area (Å²) in [5, 5.41) is 17.7. The van der Waals surface area contributed by atoms with E-state index >= 15 is 0 Å². The highest BCUT2D eigenvalue weighted by Gasteiger charge is 2.22. The van der Waals surface area contributed by atoms with Crippen molar-refractivity contribution in [3.8, 4) is 0 Å². The van der Waals surface area contributed by atoms with E-state index in [1.165, 1.54) is 0 Å². The Bertz CT molecular complexity index is 957. The molecule has 130 valence electrons. The lowest BCUT2D eigenvalue weighted by atomic mass is 10.3. The molecule has 4 rings (SSSR count). The largest absolute Gasteiger partial charge is 0.481 e. The predicted molar refractivity (Wildman–Crippen MR) is 92.7 cm³/mol. The fourth-order valence-corrected chi connectivity index (χ4v) is 3.87. The molecule has 0 spiro atoms. The van der Waals surface area contributed by atoms with Crippen LogP contribution in [0.5, 0.6) is 0 Å². The molecule has 3 aromatic rings. The van der Waals surface area contributed by atoms with Crippen molar-refractivity contribution in [2.75, 3.05) is 18.8 Å². The second kappa shape index (κ2) is 6.40. The summed E-state index contributed by atoms with van der Waals surface area (Å²) in [4.78, 5) is 25.3. The molecule has 1 saturated heterocycles. The monoisotopic (exact) mass is 359 g/mol. The van der Waals surface area contributed by atoms with E-state index in [4.69, 9.17) is 5.11 Å². The summed E-state index contributed by atoms with van der Waals surface area (Å²) in [7, 11) is 0. The van der Waals surface area contributed by atoms with E-state index in [0.717, 1.165) is 48.7 Å². The standard InChI is InChI=1S/C16H17N5O3S/c22-13(19-7-3-4-8-19)9-20-11-5-1-2-6-12(11)21-15(20)17-18-16(21)25-10-14(23)24/h1-2,5-6H,3-4,7-10H2,(H,23,24). The van der Waals surface area contributed by atoms with Crippen LogP contribution in [-0.2, 0) is 16.1 Å². The number of nitrogens with zero attached hydrogens (tertiary/aromatic N) is 5. The molecule has 0 radical (unpaired) electrons. The minimum Gasteiger partial charge on any atom is -0.481 e. The number of aromatic nitrogens is 4. The Hall–Kier alpha value is -2.55. The van der Waals surface area contributed by atoms with Gasteiger partial charge >= 0.3 is 5.97 Å². The summed E-state index contributed by atoms with van der Waals surface area (Å²) in [5.41, 5.74) is 1.75. The molecule has 0 aliphatic carbocycles. The van der Waals surface area contributed by atoms with Gasteiger partial charge in [0.05, 0.1) is 16.8 Å². The second-order valence-electron chi connectivity index (χ2n) is 5.96. The van der Waals surface area contributed by atoms with E-state index in [9.17, 15) is 9.59 Å². The minimum absolute atomic E-state index is 0.0727. The lowest BCUT2D eigenvalue weighted by molar-refractivity contribution is -0.134. The second-order valence-corrected chi connectivity index (χ2v) is 6.91. The van der Waals surface area contributed by atoms with E-state index in [1.807, 2.05) is 38.1 Å². The summed E-state index contributed by atoms with van der Waals surface area (Å²) in [6.07, 6.45) is 2.10. The zero-order valence-electron chi connectivity index (χ0n) is 13.5. The SMILES string of the molecule is O=C(O)CSc1nnc2n(CC(=O)N3CCCC3)c3ccccc3n12. The summed E-state index contributed by atoms with van der Waals surface area (Å²) >= 11 is 1.12. The third kappa shape index (κ3) is 2.84. The molecule has 1 aliphatic heterocycles. The molecule has 8 nitrogen and oxygen atoms in total. The zero-order chi connectivity index (χ0) is 17.4. The lowest BCUT2D eigenvalue weighted by Gasteiger charge is -2.15. The van der Waals surface area contributed by atoms with Gasteiger partial charge in [-0.05, 0) is 25.0 Å². The Morgan fingerprint density at radius 1 is 1.12 bits per heavy atom. The number of carbonyl (C=O) groups is 2. The zero-order valence-corrected chi connectivity index (χ0v) is 14.3. The van der Waals surface area contributed by atoms with Crippen molar-refractivity contribution >= 4 is 40.4 Å². The van der Waals surface area contributed by atoms with Crippen molar-refractivity contribution < 1.29 is 14.7 Å². The molecular formula is C16H17N5O3S. The van der Waals surface area contributed by atoms with Crippen molar-refractivity contribution in [3.05, 3.63) is 24.3 Å². The number of carboxylic acids is 1. The molecule has 1 aliphatic rings. The summed E-state index contributed by atoms with van der Waals surface area (Å²) < 4.78 is 3.67. The number of hydrogen-bond acceptors (Lipinski definition) is 5. The third-order valence-electron chi connectivity index (χ3n) is 4.35. The number of benzene rings is 1. The van der Waals surface area contributed by atoms with Gasteiger partial charge in [0, 0.05) is 13.1 Å². The van der Waals surface area contributed by atoms with Gasteiger partial charge in [-0.25, -0.2) is 0 Å². The van der Waals surface area contributed by atoms with Gasteiger partial charge in [0.2, 0.25) is 11.7 Å². The molecule has 0 atom stereocenters. The van der Waals surface area contributed by atoms with Gasteiger partial charge in [0.25, 0.3) is 0 Å². The number of para-hydroxylation sites is 2. The fraction of sp³-hybridized carbons (Fsp3) is 0.375. The van der Waals surface area contributed by atoms with E-state index in [0.29, 0.717) is 10.9 Å². The number of carbonyl (C=O) groups excluding carboxylic acids is 1. The van der Waals surface area contributed by atoms with Crippen molar-refractivity contribution in [3.63, 3.8) is 0 Å². The Labute approximate surface area is 147 Å². The molecule has 2 aromatic heterocycles. The molecule has 0 saturated carbocycles. The predicted octanol–water partition coefficient (Wildman–Crippen LogP) is 1.48. The van der Waals surface area contributed by atoms with Gasteiger partial charge in [0.1, 0.15) is 6.54 Å². The number of fused-ring (bicyclic) bond motifs is 3. The number of aliphatic carboxylic acids is 1. The van der Waals surface area contributed by atoms with Crippen LogP contribution in [0, 0.1) is 0 Å². The molecule has 1 fully saturated rings. The van der Waals surface area contributed by atoms with Crippen molar-refractivity contribution in [1.29, 1.82) is 0 Å². The Balaban J connectivity index is 1.77. The van der Waals surface area contributed by atoms with Crippen molar-refractivity contribution in [1.82, 2.24) is 24.1 Å². The normalized spacial score (nSPS) is 14.6. The van der Waals surface area contributed by atoms with Crippen LogP contribution in [-0.4, -0.2) is 59.9 Å². The number of carboxylic acid groups (broad SMARTS) is 1. The van der Waals surface area contributed by atoms with E-state index in [-0.39, 0.29) is 18.2 Å². The Morgan fingerprint density at radius 2 is 1.84 bits per heavy atom. The van der Waals surface area contributed by atoms with Crippen molar-refractivity contribution in [2.45, 2.75) is 24.5 Å². The van der Waals surface area contributed by atoms with Crippen LogP contribution in [0.25, 0.3) is 16.8 Å². The van der Waals surface area contributed by atoms with Gasteiger partial charge in [-0.3, -0.25) is 18.6 Å². The molecular weight excluding hydrogens is 342 g/mol. The van der Waals surface area contributed by atoms with Gasteiger partial charge in [-0.15, -0.1) is 10.2 Å². The summed E-state index contributed by atoms with van der Waals surface area (Å²) in [6.45, 7) is 1.82. The van der Waals surface area contributed by atoms with Crippen LogP contribution >= 0.6 is 11.8 Å². The molecule has 1 aromatic carbocycles. The number of hydrogen-bond donors (Lipinski definition) is 1. The van der Waals surface area contributed by atoms with Crippen molar-refractivity contribution in [2.24, 2.45) is 0 Å². The average Bonchev–Trinajstić information content (AvgIpc) is 3.31. The van der Waals surface area contributed by atoms with Crippen LogP contribution in [0.4, 0.5) is 0 Å². The maximum absolute atomic E-state index is 12.6. The van der Waals surface area contributed by atoms with Gasteiger partial charge in [-0.1, -0.05) is 23.9 Å². The third-order valence-corrected chi connectivity index (χ3v) is 5.26. The minimum atomic E-state index is -0.908. The van der Waals surface area contributed by atoms with E-state index < -0.39 is 5.97 Å². The quantitative estimate of drug-likeness (QED) is 0.694. The highest BCUT2D eigenvalue weighted by Crippen LogP contribution is 2.26. The fourth-order valence-electron chi connectivity index (χ4n) is 3.21. The maximum Gasteiger partial charge on any atom is 0.313 e.